The molecule has 0 atom stereocenters. The van der Waals surface area contributed by atoms with E-state index in [2.05, 4.69) is 15.3 Å². The van der Waals surface area contributed by atoms with E-state index in [1.165, 1.54) is 0 Å². The topological polar surface area (TPSA) is 92.8 Å². The van der Waals surface area contributed by atoms with Gasteiger partial charge in [0.2, 0.25) is 0 Å². The number of nitrogens with zero attached hydrogens (tertiary/aromatic N) is 3. The molecular weight excluding hydrogens is 390 g/mol. The molecule has 2 N–H and O–H groups in total. The van der Waals surface area contributed by atoms with Crippen LogP contribution in [0.3, 0.4) is 0 Å². The normalized spacial score (nSPS) is 11.0. The number of nitrogens with one attached hydrogen (secondary N) is 2. The molecule has 0 aliphatic carbocycles. The zero-order valence-corrected chi connectivity index (χ0v) is 17.0. The molecule has 5 aromatic rings. The van der Waals surface area contributed by atoms with E-state index in [9.17, 15) is 4.79 Å². The maximum Gasteiger partial charge on any atom is 0.255 e. The highest BCUT2D eigenvalue weighted by Crippen LogP contribution is 2.36. The van der Waals surface area contributed by atoms with Gasteiger partial charge in [0.15, 0.2) is 5.82 Å². The van der Waals surface area contributed by atoms with Gasteiger partial charge in [-0.15, -0.1) is 0 Å². The van der Waals surface area contributed by atoms with Gasteiger partial charge in [-0.2, -0.15) is 0 Å². The SMILES string of the molecule is CNc1nc(-c2cccnc2)nc2c(OC)cc(-c3ccc4c(=O)[nH]ccc4c3)cc12. The Morgan fingerprint density at radius 1 is 0.968 bits per heavy atom. The van der Waals surface area contributed by atoms with Gasteiger partial charge in [0, 0.05) is 42.0 Å². The molecule has 0 saturated heterocycles. The van der Waals surface area contributed by atoms with Crippen LogP contribution in [0, 0.1) is 0 Å². The molecule has 0 bridgehead atoms. The Morgan fingerprint density at radius 2 is 1.87 bits per heavy atom. The second-order valence-electron chi connectivity index (χ2n) is 7.07. The fourth-order valence-electron chi connectivity index (χ4n) is 3.71. The lowest BCUT2D eigenvalue weighted by molar-refractivity contribution is 0.419. The molecule has 0 aliphatic rings. The number of hydrogen-bond donors (Lipinski definition) is 2. The number of aromatic amines is 1. The number of ether oxygens (including phenoxy) is 1. The van der Waals surface area contributed by atoms with Crippen LogP contribution in [0.1, 0.15) is 0 Å². The van der Waals surface area contributed by atoms with Crippen molar-refractivity contribution in [3.05, 3.63) is 77.5 Å². The van der Waals surface area contributed by atoms with E-state index in [0.29, 0.717) is 28.3 Å². The van der Waals surface area contributed by atoms with E-state index < -0.39 is 0 Å². The number of pyridine rings is 2. The minimum Gasteiger partial charge on any atom is -0.494 e. The third-order valence-electron chi connectivity index (χ3n) is 5.25. The first-order chi connectivity index (χ1) is 15.2. The van der Waals surface area contributed by atoms with Crippen LogP contribution in [0.15, 0.2) is 71.9 Å². The summed E-state index contributed by atoms with van der Waals surface area (Å²) in [6.45, 7) is 0. The molecular formula is C24H19N5O2. The Balaban J connectivity index is 1.74. The molecule has 152 valence electrons. The van der Waals surface area contributed by atoms with Gasteiger partial charge in [0.05, 0.1) is 7.11 Å². The Hall–Kier alpha value is -4.26. The van der Waals surface area contributed by atoms with E-state index in [1.54, 1.807) is 25.7 Å². The van der Waals surface area contributed by atoms with Crippen LogP contribution in [0.25, 0.3) is 44.2 Å². The van der Waals surface area contributed by atoms with Gasteiger partial charge in [-0.1, -0.05) is 6.07 Å². The van der Waals surface area contributed by atoms with Crippen LogP contribution >= 0.6 is 0 Å². The maximum absolute atomic E-state index is 12.0. The van der Waals surface area contributed by atoms with E-state index >= 15 is 0 Å². The number of methoxy groups -OCH3 is 1. The van der Waals surface area contributed by atoms with Gasteiger partial charge >= 0.3 is 0 Å². The van der Waals surface area contributed by atoms with E-state index in [1.807, 2.05) is 55.6 Å². The molecule has 0 spiro atoms. The van der Waals surface area contributed by atoms with Gasteiger partial charge in [-0.3, -0.25) is 9.78 Å². The lowest BCUT2D eigenvalue weighted by Crippen LogP contribution is -2.04. The van der Waals surface area contributed by atoms with Crippen molar-refractivity contribution in [1.82, 2.24) is 19.9 Å². The summed E-state index contributed by atoms with van der Waals surface area (Å²) in [4.78, 5) is 28.4. The Kier molecular flexibility index (Phi) is 4.55. The molecule has 0 unspecified atom stereocenters. The Bertz CT molecular complexity index is 1480. The smallest absolute Gasteiger partial charge is 0.255 e. The van der Waals surface area contributed by atoms with Crippen molar-refractivity contribution < 1.29 is 4.74 Å². The van der Waals surface area contributed by atoms with E-state index in [4.69, 9.17) is 14.7 Å². The van der Waals surface area contributed by atoms with Crippen molar-refractivity contribution in [2.24, 2.45) is 0 Å². The average molecular weight is 409 g/mol. The predicted molar refractivity (Wildman–Crippen MR) is 122 cm³/mol. The third kappa shape index (κ3) is 3.26. The molecule has 0 saturated carbocycles. The zero-order chi connectivity index (χ0) is 21.4. The molecule has 3 heterocycles. The number of anilines is 1. The molecule has 5 rings (SSSR count). The maximum atomic E-state index is 12.0. The fourth-order valence-corrected chi connectivity index (χ4v) is 3.71. The van der Waals surface area contributed by atoms with E-state index in [-0.39, 0.29) is 5.56 Å². The second kappa shape index (κ2) is 7.53. The van der Waals surface area contributed by atoms with Crippen molar-refractivity contribution in [2.75, 3.05) is 19.5 Å². The molecule has 2 aromatic carbocycles. The van der Waals surface area contributed by atoms with Crippen LogP contribution in [0.2, 0.25) is 0 Å². The first-order valence-corrected chi connectivity index (χ1v) is 9.77. The Labute approximate surface area is 177 Å². The Morgan fingerprint density at radius 3 is 2.65 bits per heavy atom. The molecule has 7 nitrogen and oxygen atoms in total. The first-order valence-electron chi connectivity index (χ1n) is 9.77. The van der Waals surface area contributed by atoms with Crippen LogP contribution < -0.4 is 15.6 Å². The highest BCUT2D eigenvalue weighted by molar-refractivity contribution is 5.98. The minimum atomic E-state index is -0.103. The minimum absolute atomic E-state index is 0.103. The average Bonchev–Trinajstić information content (AvgIpc) is 2.83. The monoisotopic (exact) mass is 409 g/mol. The lowest BCUT2D eigenvalue weighted by Gasteiger charge is -2.13. The number of H-pyrrole nitrogens is 1. The summed E-state index contributed by atoms with van der Waals surface area (Å²) in [6.07, 6.45) is 5.11. The predicted octanol–water partition coefficient (Wildman–Crippen LogP) is 4.25. The molecule has 3 aromatic heterocycles. The van der Waals surface area contributed by atoms with Gasteiger partial charge < -0.3 is 15.0 Å². The number of rotatable bonds is 4. The van der Waals surface area contributed by atoms with Crippen molar-refractivity contribution in [3.8, 4) is 28.3 Å². The molecule has 31 heavy (non-hydrogen) atoms. The molecule has 0 radical (unpaired) electrons. The van der Waals surface area contributed by atoms with Crippen molar-refractivity contribution in [2.45, 2.75) is 0 Å². The van der Waals surface area contributed by atoms with Gasteiger partial charge in [-0.25, -0.2) is 9.97 Å². The highest BCUT2D eigenvalue weighted by Gasteiger charge is 2.15. The van der Waals surface area contributed by atoms with Crippen LogP contribution in [-0.2, 0) is 0 Å². The number of hydrogen-bond acceptors (Lipinski definition) is 6. The summed E-state index contributed by atoms with van der Waals surface area (Å²) < 4.78 is 5.70. The standard InChI is InChI=1S/C24H19N5O2/c1-25-23-19-11-17(14-5-6-18-15(10-14)7-9-27-24(18)30)12-20(31-2)21(19)28-22(29-23)16-4-3-8-26-13-16/h3-13H,1-2H3,(H,27,30)(H,25,28,29). The van der Waals surface area contributed by atoms with Crippen molar-refractivity contribution in [3.63, 3.8) is 0 Å². The third-order valence-corrected chi connectivity index (χ3v) is 5.25. The molecule has 7 heteroatoms. The summed E-state index contributed by atoms with van der Waals surface area (Å²) in [7, 11) is 3.46. The molecule has 0 fully saturated rings. The van der Waals surface area contributed by atoms with E-state index in [0.717, 1.165) is 27.5 Å². The van der Waals surface area contributed by atoms with Crippen molar-refractivity contribution in [1.29, 1.82) is 0 Å². The summed E-state index contributed by atoms with van der Waals surface area (Å²) in [5.74, 6) is 1.91. The number of aromatic nitrogens is 4. The largest absolute Gasteiger partial charge is 0.494 e. The highest BCUT2D eigenvalue weighted by atomic mass is 16.5. The van der Waals surface area contributed by atoms with Crippen LogP contribution in [0.4, 0.5) is 5.82 Å². The summed E-state index contributed by atoms with van der Waals surface area (Å²) in [5.41, 5.74) is 3.35. The number of fused-ring (bicyclic) bond motifs is 2. The fraction of sp³-hybridized carbons (Fsp3) is 0.0833. The van der Waals surface area contributed by atoms with Gasteiger partial charge in [0.25, 0.3) is 5.56 Å². The zero-order valence-electron chi connectivity index (χ0n) is 17.0. The number of benzene rings is 2. The van der Waals surface area contributed by atoms with Crippen molar-refractivity contribution >= 4 is 27.5 Å². The first kappa shape index (κ1) is 18.7. The summed E-state index contributed by atoms with van der Waals surface area (Å²) in [5, 5.41) is 5.54. The molecule has 0 amide bonds. The second-order valence-corrected chi connectivity index (χ2v) is 7.07. The van der Waals surface area contributed by atoms with Gasteiger partial charge in [0.1, 0.15) is 17.1 Å². The van der Waals surface area contributed by atoms with Crippen LogP contribution in [-0.4, -0.2) is 34.1 Å². The summed E-state index contributed by atoms with van der Waals surface area (Å²) in [6, 6.07) is 15.4. The molecule has 0 aliphatic heterocycles. The summed E-state index contributed by atoms with van der Waals surface area (Å²) >= 11 is 0. The lowest BCUT2D eigenvalue weighted by atomic mass is 10.00. The van der Waals surface area contributed by atoms with Crippen LogP contribution in [0.5, 0.6) is 5.75 Å². The quantitative estimate of drug-likeness (QED) is 0.461. The van der Waals surface area contributed by atoms with Gasteiger partial charge in [-0.05, 0) is 59.0 Å².